The molecule has 2 rings (SSSR count). The van der Waals surface area contributed by atoms with Crippen molar-refractivity contribution in [1.82, 2.24) is 0 Å². The SMILES string of the molecule is NC(=NCCCCCCN=C(N)/N=C(\N)Nc1ccc(Cl)cc1)/N=C(\N)Nc1ccc(Cl)cc1.[Cl-]. The standard InChI is InChI=1S/C22H30Cl2N10.ClH/c23-15-5-9-17(10-6-15)31-21(27)33-19(25)29-13-3-1-2-4-14-30-20(26)34-22(28)32-18-11-7-16(24)8-12-18;/h5-12H,1-4,13-14H2,(H5,25,27,29,31,33)(H5,26,28,30,32,34);1H/p-1. The normalized spacial score (nSPS) is 12.7. The molecule has 10 N–H and O–H groups in total. The summed E-state index contributed by atoms with van der Waals surface area (Å²) in [6, 6.07) is 14.1. The number of aliphatic imine (C=N–C) groups is 4. The molecule has 0 heterocycles. The van der Waals surface area contributed by atoms with E-state index in [0.29, 0.717) is 23.1 Å². The molecule has 0 atom stereocenters. The summed E-state index contributed by atoms with van der Waals surface area (Å²) in [6.07, 6.45) is 3.68. The quantitative estimate of drug-likeness (QED) is 0.152. The lowest BCUT2D eigenvalue weighted by molar-refractivity contribution is -0.00000757. The molecule has 0 radical (unpaired) electrons. The molecule has 0 aliphatic rings. The van der Waals surface area contributed by atoms with Crippen molar-refractivity contribution in [3.63, 3.8) is 0 Å². The highest BCUT2D eigenvalue weighted by molar-refractivity contribution is 6.31. The number of benzene rings is 2. The number of unbranched alkanes of at least 4 members (excludes halogenated alkanes) is 3. The molecular weight excluding hydrogens is 511 g/mol. The third-order valence-corrected chi connectivity index (χ3v) is 4.82. The summed E-state index contributed by atoms with van der Waals surface area (Å²) in [6.45, 7) is 1.12. The van der Waals surface area contributed by atoms with Gasteiger partial charge in [-0.2, -0.15) is 9.98 Å². The van der Waals surface area contributed by atoms with Crippen LogP contribution in [0.2, 0.25) is 10.0 Å². The second-order valence-electron chi connectivity index (χ2n) is 7.15. The molecule has 190 valence electrons. The van der Waals surface area contributed by atoms with E-state index in [4.69, 9.17) is 46.1 Å². The van der Waals surface area contributed by atoms with Gasteiger partial charge in [-0.1, -0.05) is 36.0 Å². The third kappa shape index (κ3) is 13.3. The van der Waals surface area contributed by atoms with Crippen molar-refractivity contribution in [2.45, 2.75) is 25.7 Å². The monoisotopic (exact) mass is 539 g/mol. The first-order valence-electron chi connectivity index (χ1n) is 10.6. The molecule has 0 amide bonds. The van der Waals surface area contributed by atoms with Gasteiger partial charge in [0.1, 0.15) is 0 Å². The van der Waals surface area contributed by atoms with Crippen molar-refractivity contribution in [3.05, 3.63) is 58.6 Å². The van der Waals surface area contributed by atoms with Crippen molar-refractivity contribution in [1.29, 1.82) is 0 Å². The Bertz CT molecular complexity index is 935. The summed E-state index contributed by atoms with van der Waals surface area (Å²) in [5.74, 6) is 0.564. The van der Waals surface area contributed by atoms with E-state index < -0.39 is 0 Å². The van der Waals surface area contributed by atoms with Crippen LogP contribution in [0.5, 0.6) is 0 Å². The Kier molecular flexibility index (Phi) is 14.0. The van der Waals surface area contributed by atoms with Crippen LogP contribution in [0.1, 0.15) is 25.7 Å². The molecule has 2 aromatic carbocycles. The predicted octanol–water partition coefficient (Wildman–Crippen LogP) is 0.341. The zero-order valence-electron chi connectivity index (χ0n) is 19.1. The second-order valence-corrected chi connectivity index (χ2v) is 8.02. The molecule has 0 saturated carbocycles. The van der Waals surface area contributed by atoms with Crippen LogP contribution in [0.15, 0.2) is 68.5 Å². The van der Waals surface area contributed by atoms with Gasteiger partial charge in [-0.15, -0.1) is 0 Å². The topological polar surface area (TPSA) is 178 Å². The van der Waals surface area contributed by atoms with E-state index in [1.54, 1.807) is 48.5 Å². The Morgan fingerprint density at radius 2 is 0.943 bits per heavy atom. The van der Waals surface area contributed by atoms with Crippen LogP contribution in [-0.4, -0.2) is 36.9 Å². The summed E-state index contributed by atoms with van der Waals surface area (Å²) in [5, 5.41) is 7.11. The van der Waals surface area contributed by atoms with Gasteiger partial charge in [0.25, 0.3) is 0 Å². The number of nitrogens with zero attached hydrogens (tertiary/aromatic N) is 4. The first kappa shape index (κ1) is 29.8. The molecule has 2 aromatic rings. The molecule has 0 bridgehead atoms. The Morgan fingerprint density at radius 3 is 1.29 bits per heavy atom. The van der Waals surface area contributed by atoms with Crippen molar-refractivity contribution in [2.75, 3.05) is 23.7 Å². The fourth-order valence-corrected chi connectivity index (χ4v) is 2.95. The van der Waals surface area contributed by atoms with Gasteiger partial charge in [0.15, 0.2) is 0 Å². The van der Waals surface area contributed by atoms with Gasteiger partial charge < -0.3 is 46.0 Å². The maximum atomic E-state index is 5.85. The Balaban J connectivity index is 0.00000612. The number of hydrogen-bond acceptors (Lipinski definition) is 2. The van der Waals surface area contributed by atoms with Crippen molar-refractivity contribution in [2.24, 2.45) is 42.9 Å². The van der Waals surface area contributed by atoms with E-state index in [0.717, 1.165) is 37.1 Å². The van der Waals surface area contributed by atoms with Crippen molar-refractivity contribution < 1.29 is 12.4 Å². The van der Waals surface area contributed by atoms with Crippen molar-refractivity contribution >= 4 is 58.4 Å². The number of nitrogens with one attached hydrogen (secondary N) is 2. The lowest BCUT2D eigenvalue weighted by atomic mass is 10.2. The third-order valence-electron chi connectivity index (χ3n) is 4.32. The number of rotatable bonds is 9. The summed E-state index contributed by atoms with van der Waals surface area (Å²) in [4.78, 5) is 16.5. The van der Waals surface area contributed by atoms with Crippen molar-refractivity contribution in [3.8, 4) is 0 Å². The van der Waals surface area contributed by atoms with Gasteiger partial charge in [0.2, 0.25) is 23.8 Å². The summed E-state index contributed by atoms with van der Waals surface area (Å²) < 4.78 is 0. The van der Waals surface area contributed by atoms with E-state index in [-0.39, 0.29) is 36.2 Å². The zero-order valence-corrected chi connectivity index (χ0v) is 21.4. The first-order chi connectivity index (χ1) is 16.3. The highest BCUT2D eigenvalue weighted by Crippen LogP contribution is 2.13. The molecule has 35 heavy (non-hydrogen) atoms. The lowest BCUT2D eigenvalue weighted by Gasteiger charge is -2.05. The Hall–Kier alpha value is -3.21. The second kappa shape index (κ2) is 16.4. The van der Waals surface area contributed by atoms with Crippen LogP contribution in [0.4, 0.5) is 11.4 Å². The molecular formula is C22H30Cl3N10-. The summed E-state index contributed by atoms with van der Waals surface area (Å²) in [5.41, 5.74) is 24.8. The highest BCUT2D eigenvalue weighted by atomic mass is 35.5. The molecule has 0 aromatic heterocycles. The van der Waals surface area contributed by atoms with E-state index in [9.17, 15) is 0 Å². The van der Waals surface area contributed by atoms with Gasteiger partial charge >= 0.3 is 0 Å². The average molecular weight is 541 g/mol. The minimum Gasteiger partial charge on any atom is -1.00 e. The van der Waals surface area contributed by atoms with E-state index in [1.165, 1.54) is 0 Å². The largest absolute Gasteiger partial charge is 1.00 e. The maximum absolute atomic E-state index is 5.85. The van der Waals surface area contributed by atoms with Crippen LogP contribution in [-0.2, 0) is 0 Å². The first-order valence-corrected chi connectivity index (χ1v) is 11.4. The van der Waals surface area contributed by atoms with E-state index in [1.807, 2.05) is 0 Å². The Labute approximate surface area is 221 Å². The van der Waals surface area contributed by atoms with Gasteiger partial charge in [-0.05, 0) is 61.4 Å². The molecule has 10 nitrogen and oxygen atoms in total. The van der Waals surface area contributed by atoms with E-state index in [2.05, 4.69) is 30.6 Å². The van der Waals surface area contributed by atoms with Crippen LogP contribution >= 0.6 is 23.2 Å². The number of nitrogens with two attached hydrogens (primary N) is 4. The smallest absolute Gasteiger partial charge is 0.218 e. The predicted molar refractivity (Wildman–Crippen MR) is 145 cm³/mol. The molecule has 0 fully saturated rings. The zero-order chi connectivity index (χ0) is 24.8. The van der Waals surface area contributed by atoms with Crippen LogP contribution in [0.3, 0.4) is 0 Å². The van der Waals surface area contributed by atoms with Gasteiger partial charge in [-0.3, -0.25) is 9.98 Å². The molecule has 0 aliphatic heterocycles. The highest BCUT2D eigenvalue weighted by Gasteiger charge is 1.99. The summed E-state index contributed by atoms with van der Waals surface area (Å²) in [7, 11) is 0. The van der Waals surface area contributed by atoms with Crippen LogP contribution in [0.25, 0.3) is 0 Å². The Morgan fingerprint density at radius 1 is 0.600 bits per heavy atom. The van der Waals surface area contributed by atoms with Gasteiger partial charge in [-0.25, -0.2) is 0 Å². The average Bonchev–Trinajstić information content (AvgIpc) is 2.78. The minimum atomic E-state index is 0. The number of hydrogen-bond donors (Lipinski definition) is 6. The minimum absolute atomic E-state index is 0. The van der Waals surface area contributed by atoms with Crippen LogP contribution in [0, 0.1) is 0 Å². The molecule has 0 aliphatic carbocycles. The van der Waals surface area contributed by atoms with E-state index >= 15 is 0 Å². The number of guanidine groups is 4. The number of halogens is 3. The summed E-state index contributed by atoms with van der Waals surface area (Å²) >= 11 is 11.7. The lowest BCUT2D eigenvalue weighted by Crippen LogP contribution is -3.00. The molecule has 0 spiro atoms. The fourth-order valence-electron chi connectivity index (χ4n) is 2.70. The van der Waals surface area contributed by atoms with Gasteiger partial charge in [0.05, 0.1) is 0 Å². The maximum Gasteiger partial charge on any atom is 0.218 e. The molecule has 0 unspecified atom stereocenters. The molecule has 13 heteroatoms. The number of anilines is 2. The van der Waals surface area contributed by atoms with Gasteiger partial charge in [0, 0.05) is 34.5 Å². The fraction of sp³-hybridized carbons (Fsp3) is 0.273. The molecule has 0 saturated heterocycles. The van der Waals surface area contributed by atoms with Crippen LogP contribution < -0.4 is 46.0 Å².